The van der Waals surface area contributed by atoms with Crippen LogP contribution in [-0.4, -0.2) is 39.0 Å². The number of nitrogens with zero attached hydrogens (tertiary/aromatic N) is 1. The maximum Gasteiger partial charge on any atom is 0.326 e. The Kier molecular flexibility index (Phi) is 3.49. The number of aromatic nitrogens is 1. The van der Waals surface area contributed by atoms with Crippen LogP contribution in [0.15, 0.2) is 28.9 Å². The fourth-order valence-corrected chi connectivity index (χ4v) is 3.16. The molecule has 3 rings (SSSR count). The maximum atomic E-state index is 12.8. The molecule has 1 fully saturated rings. The van der Waals surface area contributed by atoms with Crippen molar-refractivity contribution in [2.24, 2.45) is 0 Å². The number of hydrogen-bond donors (Lipinski definition) is 2. The average molecular weight is 351 g/mol. The lowest BCUT2D eigenvalue weighted by molar-refractivity contribution is -0.141. The van der Waals surface area contributed by atoms with E-state index in [1.54, 1.807) is 13.1 Å². The van der Waals surface area contributed by atoms with Crippen LogP contribution in [0, 0.1) is 0 Å². The van der Waals surface area contributed by atoms with Gasteiger partial charge in [-0.3, -0.25) is 4.79 Å². The Hall–Kier alpha value is -1.82. The Morgan fingerprint density at radius 2 is 2.14 bits per heavy atom. The summed E-state index contributed by atoms with van der Waals surface area (Å²) in [6, 6.07) is 4.86. The maximum absolute atomic E-state index is 12.8. The third kappa shape index (κ3) is 2.44. The Morgan fingerprint density at radius 1 is 1.43 bits per heavy atom. The minimum Gasteiger partial charge on any atom is -0.480 e. The highest BCUT2D eigenvalue weighted by atomic mass is 79.9. The van der Waals surface area contributed by atoms with Gasteiger partial charge < -0.3 is 15.0 Å². The molecule has 1 aliphatic rings. The Bertz CT molecular complexity index is 721. The normalized spacial score (nSPS) is 15.9. The largest absolute Gasteiger partial charge is 0.480 e. The van der Waals surface area contributed by atoms with Gasteiger partial charge in [0, 0.05) is 27.6 Å². The number of halogens is 1. The lowest BCUT2D eigenvalue weighted by Crippen LogP contribution is -2.44. The third-order valence-electron chi connectivity index (χ3n) is 3.83. The van der Waals surface area contributed by atoms with Crippen LogP contribution in [-0.2, 0) is 4.79 Å². The number of fused-ring (bicyclic) bond motifs is 1. The lowest BCUT2D eigenvalue weighted by atomic mass is 10.1. The highest BCUT2D eigenvalue weighted by molar-refractivity contribution is 9.10. The lowest BCUT2D eigenvalue weighted by Gasteiger charge is -2.26. The molecule has 1 unspecified atom stereocenters. The second kappa shape index (κ2) is 5.18. The summed E-state index contributed by atoms with van der Waals surface area (Å²) in [6.45, 7) is 1.56. The van der Waals surface area contributed by atoms with Crippen molar-refractivity contribution in [1.82, 2.24) is 9.88 Å². The molecular weight excluding hydrogens is 336 g/mol. The molecule has 1 aromatic heterocycles. The topological polar surface area (TPSA) is 73.4 Å². The minimum atomic E-state index is -0.978. The molecule has 1 atom stereocenters. The number of benzene rings is 1. The van der Waals surface area contributed by atoms with E-state index in [1.165, 1.54) is 4.90 Å². The fourth-order valence-electron chi connectivity index (χ4n) is 2.58. The van der Waals surface area contributed by atoms with Gasteiger partial charge in [-0.1, -0.05) is 22.0 Å². The van der Waals surface area contributed by atoms with E-state index in [1.807, 2.05) is 18.2 Å². The van der Waals surface area contributed by atoms with Crippen LogP contribution in [0.1, 0.15) is 30.1 Å². The zero-order valence-corrected chi connectivity index (χ0v) is 13.1. The summed E-state index contributed by atoms with van der Waals surface area (Å²) in [6.07, 6.45) is 3.39. The van der Waals surface area contributed by atoms with Gasteiger partial charge in [0.15, 0.2) is 0 Å². The summed E-state index contributed by atoms with van der Waals surface area (Å²) in [5, 5.41) is 10.0. The molecule has 1 saturated carbocycles. The number of H-pyrrole nitrogens is 1. The highest BCUT2D eigenvalue weighted by Crippen LogP contribution is 2.33. The first-order valence-electron chi connectivity index (χ1n) is 6.81. The molecule has 2 aromatic rings. The van der Waals surface area contributed by atoms with Crippen LogP contribution >= 0.6 is 15.9 Å². The number of carboxylic acids is 1. The van der Waals surface area contributed by atoms with Crippen LogP contribution in [0.2, 0.25) is 0 Å². The van der Waals surface area contributed by atoms with E-state index in [0.717, 1.165) is 28.2 Å². The molecule has 1 amide bonds. The van der Waals surface area contributed by atoms with Crippen LogP contribution in [0.5, 0.6) is 0 Å². The number of carbonyl (C=O) groups is 2. The first-order valence-corrected chi connectivity index (χ1v) is 7.61. The van der Waals surface area contributed by atoms with Crippen molar-refractivity contribution < 1.29 is 14.7 Å². The zero-order chi connectivity index (χ0) is 15.1. The predicted octanol–water partition coefficient (Wildman–Crippen LogP) is 3.01. The van der Waals surface area contributed by atoms with E-state index >= 15 is 0 Å². The van der Waals surface area contributed by atoms with Gasteiger partial charge in [0.2, 0.25) is 0 Å². The minimum absolute atomic E-state index is 0.0380. The van der Waals surface area contributed by atoms with Crippen molar-refractivity contribution in [3.05, 3.63) is 34.4 Å². The molecular formula is C15H15BrN2O3. The molecule has 0 bridgehead atoms. The highest BCUT2D eigenvalue weighted by Gasteiger charge is 2.39. The van der Waals surface area contributed by atoms with E-state index in [-0.39, 0.29) is 11.9 Å². The molecule has 6 heteroatoms. The zero-order valence-electron chi connectivity index (χ0n) is 11.5. The molecule has 0 aliphatic heterocycles. The van der Waals surface area contributed by atoms with Crippen molar-refractivity contribution in [1.29, 1.82) is 0 Å². The van der Waals surface area contributed by atoms with Crippen molar-refractivity contribution in [3.8, 4) is 0 Å². The molecule has 1 aromatic carbocycles. The van der Waals surface area contributed by atoms with Crippen molar-refractivity contribution in [3.63, 3.8) is 0 Å². The van der Waals surface area contributed by atoms with E-state index in [0.29, 0.717) is 5.56 Å². The number of rotatable bonds is 4. The second-order valence-electron chi connectivity index (χ2n) is 5.32. The Labute approximate surface area is 130 Å². The average Bonchev–Trinajstić information content (AvgIpc) is 3.17. The van der Waals surface area contributed by atoms with E-state index in [4.69, 9.17) is 0 Å². The number of carbonyl (C=O) groups excluding carboxylic acids is 1. The van der Waals surface area contributed by atoms with Gasteiger partial charge in [-0.25, -0.2) is 4.79 Å². The van der Waals surface area contributed by atoms with Gasteiger partial charge in [-0.2, -0.15) is 0 Å². The summed E-state index contributed by atoms with van der Waals surface area (Å²) < 4.78 is 0.823. The fraction of sp³-hybridized carbons (Fsp3) is 0.333. The van der Waals surface area contributed by atoms with Crippen LogP contribution in [0.3, 0.4) is 0 Å². The van der Waals surface area contributed by atoms with Crippen molar-refractivity contribution in [2.45, 2.75) is 31.8 Å². The first-order chi connectivity index (χ1) is 10.0. The number of amides is 1. The Morgan fingerprint density at radius 3 is 2.76 bits per heavy atom. The molecule has 110 valence electrons. The van der Waals surface area contributed by atoms with Crippen molar-refractivity contribution >= 4 is 38.7 Å². The number of nitrogens with one attached hydrogen (secondary N) is 1. The summed E-state index contributed by atoms with van der Waals surface area (Å²) >= 11 is 3.46. The molecule has 2 N–H and O–H groups in total. The molecule has 0 spiro atoms. The number of carboxylic acid groups (broad SMARTS) is 1. The molecule has 5 nitrogen and oxygen atoms in total. The van der Waals surface area contributed by atoms with Gasteiger partial charge in [0.05, 0.1) is 5.56 Å². The number of aliphatic carboxylic acids is 1. The third-order valence-corrected chi connectivity index (χ3v) is 4.50. The van der Waals surface area contributed by atoms with Crippen LogP contribution < -0.4 is 0 Å². The van der Waals surface area contributed by atoms with Gasteiger partial charge >= 0.3 is 5.97 Å². The summed E-state index contributed by atoms with van der Waals surface area (Å²) in [5.74, 6) is -1.21. The molecule has 1 aliphatic carbocycles. The number of hydrogen-bond acceptors (Lipinski definition) is 2. The van der Waals surface area contributed by atoms with Crippen LogP contribution in [0.4, 0.5) is 0 Å². The van der Waals surface area contributed by atoms with Crippen LogP contribution in [0.25, 0.3) is 10.9 Å². The summed E-state index contributed by atoms with van der Waals surface area (Å²) in [7, 11) is 0. The van der Waals surface area contributed by atoms with Crippen molar-refractivity contribution in [2.75, 3.05) is 0 Å². The molecule has 1 heterocycles. The van der Waals surface area contributed by atoms with E-state index in [2.05, 4.69) is 20.9 Å². The first kappa shape index (κ1) is 14.1. The molecule has 0 saturated heterocycles. The summed E-state index contributed by atoms with van der Waals surface area (Å²) in [4.78, 5) is 28.6. The van der Waals surface area contributed by atoms with Gasteiger partial charge in [-0.15, -0.1) is 0 Å². The quantitative estimate of drug-likeness (QED) is 0.889. The van der Waals surface area contributed by atoms with E-state index in [9.17, 15) is 14.7 Å². The van der Waals surface area contributed by atoms with Gasteiger partial charge in [0.25, 0.3) is 5.91 Å². The predicted molar refractivity (Wildman–Crippen MR) is 82.3 cm³/mol. The van der Waals surface area contributed by atoms with Gasteiger partial charge in [-0.05, 0) is 31.9 Å². The summed E-state index contributed by atoms with van der Waals surface area (Å²) in [5.41, 5.74) is 1.36. The standard InChI is InChI=1S/C15H15BrN2O3/c1-8(15(20)21)18(9-5-6-9)14(19)10-7-17-12-4-2-3-11(16)13(10)12/h2-4,7-9,17H,5-6H2,1H3,(H,20,21). The Balaban J connectivity index is 2.04. The molecule has 0 radical (unpaired) electrons. The number of aromatic amines is 1. The molecule has 21 heavy (non-hydrogen) atoms. The second-order valence-corrected chi connectivity index (χ2v) is 6.18. The monoisotopic (exact) mass is 350 g/mol. The van der Waals surface area contributed by atoms with E-state index < -0.39 is 12.0 Å². The smallest absolute Gasteiger partial charge is 0.326 e. The van der Waals surface area contributed by atoms with Gasteiger partial charge in [0.1, 0.15) is 6.04 Å². The SMILES string of the molecule is CC(C(=O)O)N(C(=O)c1c[nH]c2cccc(Br)c12)C1CC1.